The second kappa shape index (κ2) is 11.5. The first-order chi connectivity index (χ1) is 11.0. The van der Waals surface area contributed by atoms with Gasteiger partial charge in [0.25, 0.3) is 12.6 Å². The summed E-state index contributed by atoms with van der Waals surface area (Å²) in [7, 11) is 1.21. The quantitative estimate of drug-likeness (QED) is 0.203. The Morgan fingerprint density at radius 1 is 1.17 bits per heavy atom. The van der Waals surface area contributed by atoms with E-state index in [1.807, 2.05) is 13.8 Å². The van der Waals surface area contributed by atoms with Gasteiger partial charge in [-0.2, -0.15) is 4.57 Å². The second-order valence-electron chi connectivity index (χ2n) is 4.53. The third-order valence-electron chi connectivity index (χ3n) is 3.07. The monoisotopic (exact) mass is 448 g/mol. The molecule has 0 unspecified atom stereocenters. The van der Waals surface area contributed by atoms with Crippen molar-refractivity contribution in [3.8, 4) is 0 Å². The van der Waals surface area contributed by atoms with E-state index in [0.717, 1.165) is 12.2 Å². The Bertz CT molecular complexity index is 600. The lowest BCUT2D eigenvalue weighted by atomic mass is 10.2. The smallest absolute Gasteiger partial charge is 0.335 e. The van der Waals surface area contributed by atoms with Crippen LogP contribution in [0.4, 0.5) is 0 Å². The predicted molar refractivity (Wildman–Crippen MR) is 81.1 cm³/mol. The summed E-state index contributed by atoms with van der Waals surface area (Å²) in [5.74, 6) is -1.40. The van der Waals surface area contributed by atoms with E-state index in [1.54, 1.807) is 34.0 Å². The van der Waals surface area contributed by atoms with Crippen LogP contribution in [0.3, 0.4) is 0 Å². The summed E-state index contributed by atoms with van der Waals surface area (Å²) in [4.78, 5) is 36.3. The molecule has 0 aliphatic carbocycles. The Morgan fingerprint density at radius 3 is 2.38 bits per heavy atom. The van der Waals surface area contributed by atoms with Crippen LogP contribution in [0.25, 0.3) is 0 Å². The molecule has 0 aliphatic heterocycles. The molecule has 1 heterocycles. The van der Waals surface area contributed by atoms with Crippen molar-refractivity contribution in [2.45, 2.75) is 20.6 Å². The highest BCUT2D eigenvalue weighted by Gasteiger charge is 2.16. The van der Waals surface area contributed by atoms with Crippen LogP contribution < -0.4 is 28.5 Å². The van der Waals surface area contributed by atoms with Gasteiger partial charge in [0.1, 0.15) is 5.56 Å². The van der Waals surface area contributed by atoms with E-state index in [2.05, 4.69) is 4.74 Å². The summed E-state index contributed by atoms with van der Waals surface area (Å²) in [5.41, 5.74) is 0.511. The van der Waals surface area contributed by atoms with Crippen molar-refractivity contribution in [2.24, 2.45) is 0 Å². The van der Waals surface area contributed by atoms with Crippen LogP contribution in [0.5, 0.6) is 0 Å². The number of carbonyl (C=O) groups excluding carboxylic acids is 3. The molecule has 0 saturated carbocycles. The van der Waals surface area contributed by atoms with E-state index in [4.69, 9.17) is 4.74 Å². The van der Waals surface area contributed by atoms with Gasteiger partial charge in [-0.15, -0.1) is 0 Å². The number of aromatic nitrogens is 1. The zero-order chi connectivity index (χ0) is 17.2. The van der Waals surface area contributed by atoms with Gasteiger partial charge in [-0.25, -0.2) is 9.59 Å². The Morgan fingerprint density at radius 2 is 1.79 bits per heavy atom. The zero-order valence-electron chi connectivity index (χ0n) is 13.9. The topological polar surface area (TPSA) is 76.8 Å². The van der Waals surface area contributed by atoms with Gasteiger partial charge in [-0.05, 0) is 19.9 Å². The van der Waals surface area contributed by atoms with E-state index < -0.39 is 11.9 Å². The van der Waals surface area contributed by atoms with Crippen LogP contribution in [0.1, 0.15) is 24.2 Å². The van der Waals surface area contributed by atoms with Gasteiger partial charge in [0.15, 0.2) is 12.4 Å². The summed E-state index contributed by atoms with van der Waals surface area (Å²) in [6.07, 6.45) is 5.25. The third kappa shape index (κ3) is 7.07. The number of halogens is 1. The summed E-state index contributed by atoms with van der Waals surface area (Å²) in [5, 5.41) is 0. The summed E-state index contributed by atoms with van der Waals surface area (Å²) in [6.45, 7) is 5.00. The van der Waals surface area contributed by atoms with Gasteiger partial charge in [-0.1, -0.05) is 0 Å². The Balaban J connectivity index is 0.00000529. The molecule has 24 heavy (non-hydrogen) atoms. The number of pyridine rings is 1. The Hall–Kier alpha value is -1.97. The molecule has 0 aliphatic rings. The fourth-order valence-electron chi connectivity index (χ4n) is 1.81. The molecule has 0 atom stereocenters. The van der Waals surface area contributed by atoms with Crippen LogP contribution in [-0.4, -0.2) is 42.9 Å². The van der Waals surface area contributed by atoms with Crippen molar-refractivity contribution in [2.75, 3.05) is 20.2 Å². The van der Waals surface area contributed by atoms with E-state index in [0.29, 0.717) is 18.7 Å². The van der Waals surface area contributed by atoms with E-state index in [1.165, 1.54) is 7.11 Å². The molecule has 1 aromatic rings. The van der Waals surface area contributed by atoms with Crippen molar-refractivity contribution in [3.05, 3.63) is 42.2 Å². The highest BCUT2D eigenvalue weighted by atomic mass is 127. The molecule has 132 valence electrons. The maximum absolute atomic E-state index is 12.3. The molecule has 0 radical (unpaired) electrons. The first-order valence-corrected chi connectivity index (χ1v) is 7.23. The van der Waals surface area contributed by atoms with Gasteiger partial charge in [0.05, 0.1) is 7.11 Å². The number of nitrogens with zero attached hydrogens (tertiary/aromatic N) is 2. The van der Waals surface area contributed by atoms with E-state index in [-0.39, 0.29) is 36.6 Å². The van der Waals surface area contributed by atoms with Crippen molar-refractivity contribution in [3.63, 3.8) is 0 Å². The molecule has 8 heteroatoms. The molecule has 0 bridgehead atoms. The molecular weight excluding hydrogens is 427 g/mol. The van der Waals surface area contributed by atoms with Crippen LogP contribution in [0, 0.1) is 0 Å². The number of amides is 1. The maximum Gasteiger partial charge on any atom is 0.335 e. The highest BCUT2D eigenvalue weighted by molar-refractivity contribution is 5.93. The van der Waals surface area contributed by atoms with Gasteiger partial charge < -0.3 is 38.4 Å². The predicted octanol–water partition coefficient (Wildman–Crippen LogP) is -2.31. The molecule has 0 N–H and O–H groups in total. The van der Waals surface area contributed by atoms with Gasteiger partial charge in [0, 0.05) is 31.3 Å². The molecule has 0 saturated heterocycles. The number of carbonyl (C=O) groups is 3. The number of hydrogen-bond acceptors (Lipinski definition) is 5. The summed E-state index contributed by atoms with van der Waals surface area (Å²) in [6, 6.07) is 3.41. The van der Waals surface area contributed by atoms with Crippen LogP contribution in [0.2, 0.25) is 0 Å². The lowest BCUT2D eigenvalue weighted by Gasteiger charge is -2.17. The molecule has 0 aromatic carbocycles. The Kier molecular flexibility index (Phi) is 10.6. The largest absolute Gasteiger partial charge is 1.00 e. The van der Waals surface area contributed by atoms with Gasteiger partial charge >= 0.3 is 11.9 Å². The average molecular weight is 448 g/mol. The minimum Gasteiger partial charge on any atom is -1.00 e. The minimum absolute atomic E-state index is 0. The van der Waals surface area contributed by atoms with Crippen LogP contribution in [0.15, 0.2) is 36.7 Å². The van der Waals surface area contributed by atoms with Crippen LogP contribution in [-0.2, 0) is 25.8 Å². The minimum atomic E-state index is -0.677. The molecule has 1 rings (SSSR count). The van der Waals surface area contributed by atoms with Crippen molar-refractivity contribution >= 4 is 17.8 Å². The van der Waals surface area contributed by atoms with Crippen LogP contribution >= 0.6 is 0 Å². The standard InChI is InChI=1S/C16H21N2O5.HI/c1-4-18(5-2)16(21)13-7-6-10-17(11-13)12-23-15(20)9-8-14(19)22-3;/h6-11H,4-5,12H2,1-3H3;1H/q+1;/p-1. The molecule has 1 aromatic heterocycles. The number of esters is 2. The maximum atomic E-state index is 12.3. The fourth-order valence-corrected chi connectivity index (χ4v) is 1.81. The first kappa shape index (κ1) is 22.0. The van der Waals surface area contributed by atoms with Crippen molar-refractivity contribution < 1.29 is 52.4 Å². The summed E-state index contributed by atoms with van der Waals surface area (Å²) >= 11 is 0. The first-order valence-electron chi connectivity index (χ1n) is 7.23. The molecule has 0 spiro atoms. The zero-order valence-corrected chi connectivity index (χ0v) is 16.1. The fraction of sp³-hybridized carbons (Fsp3) is 0.375. The van der Waals surface area contributed by atoms with Crippen molar-refractivity contribution in [1.29, 1.82) is 0 Å². The lowest BCUT2D eigenvalue weighted by molar-refractivity contribution is -0.727. The second-order valence-corrected chi connectivity index (χ2v) is 4.53. The summed E-state index contributed by atoms with van der Waals surface area (Å²) < 4.78 is 10.9. The van der Waals surface area contributed by atoms with Gasteiger partial charge in [-0.3, -0.25) is 4.79 Å². The average Bonchev–Trinajstić information content (AvgIpc) is 2.58. The number of methoxy groups -OCH3 is 1. The highest BCUT2D eigenvalue weighted by Crippen LogP contribution is 2.02. The van der Waals surface area contributed by atoms with E-state index in [9.17, 15) is 14.4 Å². The third-order valence-corrected chi connectivity index (χ3v) is 3.07. The number of hydrogen-bond donors (Lipinski definition) is 0. The molecular formula is C16H21IN2O5. The van der Waals surface area contributed by atoms with Gasteiger partial charge in [0.2, 0.25) is 0 Å². The Labute approximate surface area is 158 Å². The molecule has 1 amide bonds. The normalized spacial score (nSPS) is 9.96. The lowest BCUT2D eigenvalue weighted by Crippen LogP contribution is -3.00. The van der Waals surface area contributed by atoms with E-state index >= 15 is 0 Å². The van der Waals surface area contributed by atoms with Crippen molar-refractivity contribution in [1.82, 2.24) is 4.90 Å². The number of rotatable bonds is 7. The molecule has 0 fully saturated rings. The number of ether oxygens (including phenoxy) is 2. The SMILES string of the molecule is CCN(CC)C(=O)c1ccc[n+](COC(=O)C=CC(=O)OC)c1.[I-]. The molecule has 7 nitrogen and oxygen atoms in total.